The Labute approximate surface area is 121 Å². The molecule has 0 radical (unpaired) electrons. The summed E-state index contributed by atoms with van der Waals surface area (Å²) < 4.78 is 0. The van der Waals surface area contributed by atoms with Crippen molar-refractivity contribution in [1.29, 1.82) is 0 Å². The van der Waals surface area contributed by atoms with Crippen LogP contribution in [-0.4, -0.2) is 15.0 Å². The van der Waals surface area contributed by atoms with Crippen molar-refractivity contribution in [2.45, 2.75) is 18.9 Å². The molecule has 0 unspecified atom stereocenters. The molecule has 0 saturated heterocycles. The number of aromatic nitrogens is 3. The molecule has 0 aliphatic heterocycles. The van der Waals surface area contributed by atoms with Gasteiger partial charge < -0.3 is 16.5 Å². The first-order valence-corrected chi connectivity index (χ1v) is 6.93. The van der Waals surface area contributed by atoms with E-state index in [1.807, 2.05) is 32.1 Å². The van der Waals surface area contributed by atoms with Gasteiger partial charge in [-0.05, 0) is 25.5 Å². The van der Waals surface area contributed by atoms with E-state index in [0.717, 1.165) is 20.9 Å². The molecular weight excluding hydrogens is 270 g/mol. The molecule has 2 aromatic heterocycles. The highest BCUT2D eigenvalue weighted by atomic mass is 32.2. The molecule has 0 spiro atoms. The van der Waals surface area contributed by atoms with E-state index in [1.54, 1.807) is 17.8 Å². The smallest absolute Gasteiger partial charge is 0.223 e. The molecule has 0 amide bonds. The molecular formula is C14H17N5S. The van der Waals surface area contributed by atoms with E-state index in [-0.39, 0.29) is 5.95 Å². The van der Waals surface area contributed by atoms with Crippen molar-refractivity contribution in [1.82, 2.24) is 15.0 Å². The lowest BCUT2D eigenvalue weighted by Crippen LogP contribution is -1.99. The number of hydrogen-bond donors (Lipinski definition) is 3. The van der Waals surface area contributed by atoms with Crippen molar-refractivity contribution in [2.24, 2.45) is 0 Å². The second-order valence-electron chi connectivity index (χ2n) is 4.17. The molecule has 0 aromatic carbocycles. The van der Waals surface area contributed by atoms with Gasteiger partial charge in [-0.25, -0.2) is 0 Å². The lowest BCUT2D eigenvalue weighted by Gasteiger charge is -2.00. The lowest BCUT2D eigenvalue weighted by atomic mass is 10.2. The van der Waals surface area contributed by atoms with E-state index in [4.69, 9.17) is 11.5 Å². The molecule has 5 N–H and O–H groups in total. The molecule has 2 heterocycles. The van der Waals surface area contributed by atoms with E-state index in [0.29, 0.717) is 11.5 Å². The maximum Gasteiger partial charge on any atom is 0.223 e. The summed E-state index contributed by atoms with van der Waals surface area (Å²) in [6.07, 6.45) is 7.73. The number of anilines is 2. The van der Waals surface area contributed by atoms with Crippen LogP contribution in [0.2, 0.25) is 0 Å². The third-order valence-electron chi connectivity index (χ3n) is 2.78. The molecule has 0 aliphatic rings. The number of nitrogen functional groups attached to an aromatic ring is 2. The first kappa shape index (κ1) is 14.2. The minimum atomic E-state index is 0.168. The average Bonchev–Trinajstić information content (AvgIpc) is 2.70. The zero-order valence-corrected chi connectivity index (χ0v) is 12.3. The van der Waals surface area contributed by atoms with Crippen molar-refractivity contribution >= 4 is 34.6 Å². The van der Waals surface area contributed by atoms with Crippen LogP contribution >= 0.6 is 11.8 Å². The maximum atomic E-state index is 5.91. The van der Waals surface area contributed by atoms with Crippen LogP contribution < -0.4 is 11.5 Å². The van der Waals surface area contributed by atoms with E-state index < -0.39 is 0 Å². The largest absolute Gasteiger partial charge is 0.383 e. The fourth-order valence-corrected chi connectivity index (χ4v) is 2.69. The summed E-state index contributed by atoms with van der Waals surface area (Å²) >= 11 is 1.57. The molecule has 6 heteroatoms. The van der Waals surface area contributed by atoms with Crippen LogP contribution in [0.4, 0.5) is 11.8 Å². The minimum Gasteiger partial charge on any atom is -0.383 e. The molecule has 0 aliphatic carbocycles. The third-order valence-corrected chi connectivity index (χ3v) is 3.93. The fourth-order valence-electron chi connectivity index (χ4n) is 1.83. The van der Waals surface area contributed by atoms with E-state index >= 15 is 0 Å². The monoisotopic (exact) mass is 287 g/mol. The van der Waals surface area contributed by atoms with Crippen LogP contribution in [0.25, 0.3) is 11.0 Å². The Balaban J connectivity index is 2.48. The van der Waals surface area contributed by atoms with Crippen LogP contribution in [0.15, 0.2) is 40.8 Å². The van der Waals surface area contributed by atoms with Gasteiger partial charge in [0, 0.05) is 4.91 Å². The van der Waals surface area contributed by atoms with Crippen molar-refractivity contribution in [3.8, 4) is 0 Å². The Morgan fingerprint density at radius 3 is 2.75 bits per heavy atom. The van der Waals surface area contributed by atoms with E-state index in [9.17, 15) is 0 Å². The van der Waals surface area contributed by atoms with Gasteiger partial charge >= 0.3 is 0 Å². The van der Waals surface area contributed by atoms with Crippen LogP contribution in [0, 0.1) is 6.92 Å². The van der Waals surface area contributed by atoms with Crippen LogP contribution in [0.3, 0.4) is 0 Å². The molecule has 2 rings (SSSR count). The van der Waals surface area contributed by atoms with Gasteiger partial charge in [-0.2, -0.15) is 9.97 Å². The highest BCUT2D eigenvalue weighted by Gasteiger charge is 2.14. The summed E-state index contributed by atoms with van der Waals surface area (Å²) in [6, 6.07) is 0. The number of nitrogens with two attached hydrogens (primary N) is 2. The summed E-state index contributed by atoms with van der Waals surface area (Å²) in [6.45, 7) is 7.76. The standard InChI is InChI=1S/C14H17N5S/c1-4-6-7-9(5-2)20-13-8(3)10-11(15)17-14(16)19-12(10)18-13/h4-7H,2H2,1,3H3,(H5,15,16,17,18,19)/b6-4-,9-7+. The Morgan fingerprint density at radius 2 is 2.10 bits per heavy atom. The number of rotatable bonds is 4. The van der Waals surface area contributed by atoms with Gasteiger partial charge in [0.05, 0.1) is 10.4 Å². The number of H-pyrrole nitrogens is 1. The highest BCUT2D eigenvalue weighted by Crippen LogP contribution is 2.35. The van der Waals surface area contributed by atoms with Gasteiger partial charge in [-0.15, -0.1) is 0 Å². The molecule has 2 aromatic rings. The van der Waals surface area contributed by atoms with Crippen LogP contribution in [0.5, 0.6) is 0 Å². The summed E-state index contributed by atoms with van der Waals surface area (Å²) in [5.41, 5.74) is 13.2. The number of fused-ring (bicyclic) bond motifs is 1. The summed E-state index contributed by atoms with van der Waals surface area (Å²) in [5, 5.41) is 1.78. The topological polar surface area (TPSA) is 93.6 Å². The average molecular weight is 287 g/mol. The van der Waals surface area contributed by atoms with Crippen molar-refractivity contribution in [3.05, 3.63) is 41.4 Å². The lowest BCUT2D eigenvalue weighted by molar-refractivity contribution is 1.16. The predicted octanol–water partition coefficient (Wildman–Crippen LogP) is 3.17. The number of nitrogens with zero attached hydrogens (tertiary/aromatic N) is 2. The number of aromatic amines is 1. The zero-order chi connectivity index (χ0) is 14.7. The molecule has 104 valence electrons. The third kappa shape index (κ3) is 2.70. The van der Waals surface area contributed by atoms with Gasteiger partial charge in [0.2, 0.25) is 5.95 Å². The van der Waals surface area contributed by atoms with Crippen LogP contribution in [0.1, 0.15) is 12.5 Å². The van der Waals surface area contributed by atoms with Crippen molar-refractivity contribution in [3.63, 3.8) is 0 Å². The number of hydrogen-bond acceptors (Lipinski definition) is 5. The molecule has 0 fully saturated rings. The normalized spacial score (nSPS) is 12.4. The highest BCUT2D eigenvalue weighted by molar-refractivity contribution is 8.03. The first-order chi connectivity index (χ1) is 9.56. The second-order valence-corrected chi connectivity index (χ2v) is 5.25. The molecule has 0 atom stereocenters. The first-order valence-electron chi connectivity index (χ1n) is 6.11. The Bertz CT molecular complexity index is 712. The van der Waals surface area contributed by atoms with Crippen molar-refractivity contribution in [2.75, 3.05) is 11.5 Å². The zero-order valence-electron chi connectivity index (χ0n) is 11.5. The van der Waals surface area contributed by atoms with Gasteiger partial charge in [0.25, 0.3) is 0 Å². The van der Waals surface area contributed by atoms with E-state index in [2.05, 4.69) is 21.5 Å². The van der Waals surface area contributed by atoms with Gasteiger partial charge in [0.15, 0.2) is 0 Å². The molecule has 5 nitrogen and oxygen atoms in total. The fraction of sp³-hybridized carbons (Fsp3) is 0.143. The molecule has 20 heavy (non-hydrogen) atoms. The predicted molar refractivity (Wildman–Crippen MR) is 86.4 cm³/mol. The van der Waals surface area contributed by atoms with Gasteiger partial charge in [0.1, 0.15) is 11.5 Å². The quantitative estimate of drug-likeness (QED) is 0.593. The van der Waals surface area contributed by atoms with E-state index in [1.165, 1.54) is 0 Å². The number of aryl methyl sites for hydroxylation is 1. The number of nitrogens with one attached hydrogen (secondary N) is 1. The molecule has 0 bridgehead atoms. The second kappa shape index (κ2) is 5.83. The summed E-state index contributed by atoms with van der Waals surface area (Å²) in [4.78, 5) is 12.4. The minimum absolute atomic E-state index is 0.168. The van der Waals surface area contributed by atoms with Crippen LogP contribution in [-0.2, 0) is 0 Å². The number of thioether (sulfide) groups is 1. The summed E-state index contributed by atoms with van der Waals surface area (Å²) in [5.74, 6) is 0.562. The van der Waals surface area contributed by atoms with Gasteiger partial charge in [-0.1, -0.05) is 36.6 Å². The number of allylic oxidation sites excluding steroid dienone is 4. The van der Waals surface area contributed by atoms with Crippen molar-refractivity contribution < 1.29 is 0 Å². The SMILES string of the molecule is C=C/C(=C\C=C/C)Sc1[nH]c2nc(N)nc(N)c2c1C. The Morgan fingerprint density at radius 1 is 1.35 bits per heavy atom. The molecule has 0 saturated carbocycles. The summed E-state index contributed by atoms with van der Waals surface area (Å²) in [7, 11) is 0. The maximum absolute atomic E-state index is 5.91. The Kier molecular flexibility index (Phi) is 4.14. The van der Waals surface area contributed by atoms with Gasteiger partial charge in [-0.3, -0.25) is 0 Å². The Hall–Kier alpha value is -2.21.